The maximum Gasteiger partial charge on any atom is 0.391 e. The van der Waals surface area contributed by atoms with Crippen molar-refractivity contribution in [2.45, 2.75) is 37.9 Å². The molecule has 0 bridgehead atoms. The lowest BCUT2D eigenvalue weighted by Gasteiger charge is -2.31. The van der Waals surface area contributed by atoms with Crippen molar-refractivity contribution in [1.29, 1.82) is 0 Å². The molecule has 1 aliphatic rings. The Morgan fingerprint density at radius 1 is 1.24 bits per heavy atom. The summed E-state index contributed by atoms with van der Waals surface area (Å²) in [6.07, 6.45) is -3.47. The van der Waals surface area contributed by atoms with Crippen LogP contribution >= 0.6 is 0 Å². The van der Waals surface area contributed by atoms with Crippen LogP contribution in [0.5, 0.6) is 0 Å². The molecule has 2 unspecified atom stereocenters. The molecule has 2 atom stereocenters. The normalized spacial score (nSPS) is 27.4. The lowest BCUT2D eigenvalue weighted by atomic mass is 9.86. The average molecular weight is 274 g/mol. The molecule has 0 aromatic rings. The van der Waals surface area contributed by atoms with Crippen molar-refractivity contribution in [3.63, 3.8) is 0 Å². The van der Waals surface area contributed by atoms with Crippen LogP contribution < -0.4 is 4.72 Å². The van der Waals surface area contributed by atoms with Crippen molar-refractivity contribution in [1.82, 2.24) is 9.03 Å². The number of hydrogen-bond donors (Lipinski definition) is 1. The van der Waals surface area contributed by atoms with Gasteiger partial charge in [-0.2, -0.15) is 30.6 Å². The molecule has 0 saturated heterocycles. The van der Waals surface area contributed by atoms with Crippen LogP contribution in [0.1, 0.15) is 25.7 Å². The van der Waals surface area contributed by atoms with E-state index in [1.807, 2.05) is 0 Å². The van der Waals surface area contributed by atoms with Gasteiger partial charge in [-0.15, -0.1) is 0 Å². The van der Waals surface area contributed by atoms with Crippen LogP contribution in [-0.4, -0.2) is 39.0 Å². The summed E-state index contributed by atoms with van der Waals surface area (Å²) in [5.74, 6) is -1.40. The van der Waals surface area contributed by atoms with Crippen LogP contribution in [0.4, 0.5) is 13.2 Å². The zero-order valence-electron chi connectivity index (χ0n) is 9.79. The third-order valence-electron chi connectivity index (χ3n) is 2.93. The Balaban J connectivity index is 2.63. The van der Waals surface area contributed by atoms with Crippen molar-refractivity contribution in [2.75, 3.05) is 14.1 Å². The van der Waals surface area contributed by atoms with Gasteiger partial charge in [0.05, 0.1) is 5.92 Å². The molecule has 0 amide bonds. The van der Waals surface area contributed by atoms with Crippen molar-refractivity contribution >= 4 is 10.2 Å². The summed E-state index contributed by atoms with van der Waals surface area (Å²) in [4.78, 5) is 0. The number of nitrogens with one attached hydrogen (secondary N) is 1. The topological polar surface area (TPSA) is 49.4 Å². The van der Waals surface area contributed by atoms with E-state index < -0.39 is 28.3 Å². The molecule has 0 radical (unpaired) electrons. The Hall–Kier alpha value is -0.340. The maximum atomic E-state index is 12.5. The fourth-order valence-electron chi connectivity index (χ4n) is 1.91. The lowest BCUT2D eigenvalue weighted by Crippen LogP contribution is -2.45. The van der Waals surface area contributed by atoms with Gasteiger partial charge in [-0.3, -0.25) is 0 Å². The van der Waals surface area contributed by atoms with E-state index in [1.54, 1.807) is 0 Å². The van der Waals surface area contributed by atoms with E-state index in [0.717, 1.165) is 4.31 Å². The first-order valence-corrected chi connectivity index (χ1v) is 6.83. The van der Waals surface area contributed by atoms with Gasteiger partial charge in [0.1, 0.15) is 0 Å². The monoisotopic (exact) mass is 274 g/mol. The average Bonchev–Trinajstić information content (AvgIpc) is 2.15. The molecule has 1 aliphatic carbocycles. The number of hydrogen-bond acceptors (Lipinski definition) is 2. The van der Waals surface area contributed by atoms with Crippen LogP contribution in [0.15, 0.2) is 0 Å². The molecule has 102 valence electrons. The molecule has 0 aromatic carbocycles. The van der Waals surface area contributed by atoms with Crippen LogP contribution in [0.2, 0.25) is 0 Å². The van der Waals surface area contributed by atoms with E-state index in [1.165, 1.54) is 14.1 Å². The van der Waals surface area contributed by atoms with Gasteiger partial charge in [0.15, 0.2) is 0 Å². The zero-order valence-corrected chi connectivity index (χ0v) is 10.6. The predicted octanol–water partition coefficient (Wildman–Crippen LogP) is 1.50. The van der Waals surface area contributed by atoms with E-state index in [4.69, 9.17) is 0 Å². The summed E-state index contributed by atoms with van der Waals surface area (Å²) in [5.41, 5.74) is 0. The molecule has 8 heteroatoms. The number of nitrogens with zero attached hydrogens (tertiary/aromatic N) is 1. The van der Waals surface area contributed by atoms with Gasteiger partial charge in [-0.25, -0.2) is 0 Å². The van der Waals surface area contributed by atoms with Gasteiger partial charge in [0.2, 0.25) is 0 Å². The Kier molecular flexibility index (Phi) is 4.43. The standard InChI is InChI=1S/C9H17F3N2O2S/c1-14(2)17(15,16)13-8-5-3-4-7(6-8)9(10,11)12/h7-8,13H,3-6H2,1-2H3. The molecule has 1 fully saturated rings. The molecule has 0 heterocycles. The second kappa shape index (κ2) is 5.11. The first kappa shape index (κ1) is 14.7. The predicted molar refractivity (Wildman–Crippen MR) is 57.5 cm³/mol. The van der Waals surface area contributed by atoms with E-state index in [2.05, 4.69) is 4.72 Å². The molecule has 1 saturated carbocycles. The highest BCUT2D eigenvalue weighted by Crippen LogP contribution is 2.37. The van der Waals surface area contributed by atoms with Gasteiger partial charge >= 0.3 is 6.18 Å². The smallest absolute Gasteiger partial charge is 0.199 e. The van der Waals surface area contributed by atoms with Crippen molar-refractivity contribution in [3.8, 4) is 0 Å². The minimum absolute atomic E-state index is 0.0870. The largest absolute Gasteiger partial charge is 0.391 e. The third-order valence-corrected chi connectivity index (χ3v) is 4.53. The summed E-state index contributed by atoms with van der Waals surface area (Å²) >= 11 is 0. The van der Waals surface area contributed by atoms with Crippen molar-refractivity contribution in [2.24, 2.45) is 5.92 Å². The molecule has 17 heavy (non-hydrogen) atoms. The van der Waals surface area contributed by atoms with Crippen LogP contribution in [0, 0.1) is 5.92 Å². The van der Waals surface area contributed by atoms with E-state index in [0.29, 0.717) is 12.8 Å². The summed E-state index contributed by atoms with van der Waals surface area (Å²) in [6, 6.07) is -0.622. The molecular formula is C9H17F3N2O2S. The van der Waals surface area contributed by atoms with Crippen molar-refractivity contribution in [3.05, 3.63) is 0 Å². The Morgan fingerprint density at radius 3 is 2.29 bits per heavy atom. The summed E-state index contributed by atoms with van der Waals surface area (Å²) in [6.45, 7) is 0. The highest BCUT2D eigenvalue weighted by Gasteiger charge is 2.42. The fraction of sp³-hybridized carbons (Fsp3) is 1.00. The number of alkyl halides is 3. The van der Waals surface area contributed by atoms with Crippen LogP contribution in [0.25, 0.3) is 0 Å². The Bertz CT molecular complexity index is 354. The summed E-state index contributed by atoms with van der Waals surface area (Å²) in [5, 5.41) is 0. The number of rotatable bonds is 3. The second-order valence-electron chi connectivity index (χ2n) is 4.51. The first-order chi connectivity index (χ1) is 7.63. The van der Waals surface area contributed by atoms with Gasteiger partial charge in [0.25, 0.3) is 10.2 Å². The van der Waals surface area contributed by atoms with Crippen LogP contribution in [-0.2, 0) is 10.2 Å². The minimum Gasteiger partial charge on any atom is -0.199 e. The Morgan fingerprint density at radius 2 is 1.82 bits per heavy atom. The van der Waals surface area contributed by atoms with E-state index in [9.17, 15) is 21.6 Å². The van der Waals surface area contributed by atoms with E-state index in [-0.39, 0.29) is 12.8 Å². The Labute approximate surface area is 99.4 Å². The first-order valence-electron chi connectivity index (χ1n) is 5.39. The molecule has 0 aliphatic heterocycles. The van der Waals surface area contributed by atoms with Crippen molar-refractivity contribution < 1.29 is 21.6 Å². The third kappa shape index (κ3) is 4.11. The summed E-state index contributed by atoms with van der Waals surface area (Å²) < 4.78 is 63.8. The highest BCUT2D eigenvalue weighted by molar-refractivity contribution is 7.87. The molecule has 1 N–H and O–H groups in total. The molecular weight excluding hydrogens is 257 g/mol. The molecule has 4 nitrogen and oxygen atoms in total. The fourth-order valence-corrected chi connectivity index (χ4v) is 2.76. The zero-order chi connectivity index (χ0) is 13.3. The lowest BCUT2D eigenvalue weighted by molar-refractivity contribution is -0.183. The summed E-state index contributed by atoms with van der Waals surface area (Å²) in [7, 11) is -0.971. The SMILES string of the molecule is CN(C)S(=O)(=O)NC1CCCC(C(F)(F)F)C1. The molecule has 1 rings (SSSR count). The molecule has 0 aromatic heterocycles. The van der Waals surface area contributed by atoms with Gasteiger partial charge < -0.3 is 0 Å². The highest BCUT2D eigenvalue weighted by atomic mass is 32.2. The van der Waals surface area contributed by atoms with Gasteiger partial charge in [0, 0.05) is 20.1 Å². The second-order valence-corrected chi connectivity index (χ2v) is 6.42. The van der Waals surface area contributed by atoms with E-state index >= 15 is 0 Å². The minimum atomic E-state index is -4.23. The van der Waals surface area contributed by atoms with Gasteiger partial charge in [-0.1, -0.05) is 6.42 Å². The van der Waals surface area contributed by atoms with Gasteiger partial charge in [-0.05, 0) is 19.3 Å². The maximum absolute atomic E-state index is 12.5. The van der Waals surface area contributed by atoms with Crippen LogP contribution in [0.3, 0.4) is 0 Å². The quantitative estimate of drug-likeness (QED) is 0.848. The number of halogens is 3. The molecule has 0 spiro atoms.